The van der Waals surface area contributed by atoms with Crippen molar-refractivity contribution in [3.05, 3.63) is 65.4 Å². The predicted molar refractivity (Wildman–Crippen MR) is 101 cm³/mol. The van der Waals surface area contributed by atoms with Gasteiger partial charge in [0.25, 0.3) is 11.8 Å². The molecule has 1 amide bonds. The maximum atomic E-state index is 12.3. The number of benzene rings is 1. The lowest BCUT2D eigenvalue weighted by Gasteiger charge is -2.05. The molecule has 28 heavy (non-hydrogen) atoms. The molecule has 0 saturated heterocycles. The average molecular weight is 374 g/mol. The van der Waals surface area contributed by atoms with E-state index in [1.54, 1.807) is 12.1 Å². The number of aryl methyl sites for hydroxylation is 1. The zero-order valence-corrected chi connectivity index (χ0v) is 15.3. The Hall–Kier alpha value is -3.55. The van der Waals surface area contributed by atoms with Crippen molar-refractivity contribution in [3.8, 4) is 11.5 Å². The van der Waals surface area contributed by atoms with E-state index in [0.717, 1.165) is 29.8 Å². The molecule has 0 radical (unpaired) electrons. The number of amides is 1. The molecule has 140 valence electrons. The van der Waals surface area contributed by atoms with Gasteiger partial charge in [-0.25, -0.2) is 0 Å². The molecule has 1 aromatic carbocycles. The first-order valence-corrected chi connectivity index (χ1v) is 9.20. The molecule has 0 spiro atoms. The Bertz CT molecular complexity index is 1160. The van der Waals surface area contributed by atoms with Crippen LogP contribution >= 0.6 is 0 Å². The quantitative estimate of drug-likeness (QED) is 0.577. The van der Waals surface area contributed by atoms with Crippen LogP contribution in [0.4, 0.5) is 0 Å². The maximum Gasteiger partial charge on any atom is 0.258 e. The van der Waals surface area contributed by atoms with Crippen molar-refractivity contribution in [1.82, 2.24) is 30.1 Å². The van der Waals surface area contributed by atoms with Crippen LogP contribution in [0.15, 0.2) is 47.1 Å². The Morgan fingerprint density at radius 1 is 1.21 bits per heavy atom. The second-order valence-corrected chi connectivity index (χ2v) is 7.04. The van der Waals surface area contributed by atoms with E-state index in [4.69, 9.17) is 4.52 Å². The third-order valence-corrected chi connectivity index (χ3v) is 4.83. The summed E-state index contributed by atoms with van der Waals surface area (Å²) in [6.45, 7) is 2.26. The number of rotatable bonds is 5. The number of carbonyl (C=O) groups excluding carboxylic acids is 1. The second-order valence-electron chi connectivity index (χ2n) is 7.04. The summed E-state index contributed by atoms with van der Waals surface area (Å²) in [6, 6.07) is 11.2. The standard InChI is InChI=1S/C20H18N6O2/c1-12-2-4-14(5-3-12)19(27)21-11-17-24-23-16-10-15(8-9-26(16)17)20-22-18(25-28-20)13-6-7-13/h2-5,8-10,13H,6-7,11H2,1H3,(H,21,27). The largest absolute Gasteiger partial charge is 0.345 e. The predicted octanol–water partition coefficient (Wildman–Crippen LogP) is 2.90. The minimum absolute atomic E-state index is 0.146. The zero-order valence-electron chi connectivity index (χ0n) is 15.3. The van der Waals surface area contributed by atoms with Crippen molar-refractivity contribution >= 4 is 11.6 Å². The average Bonchev–Trinajstić information content (AvgIpc) is 3.30. The molecular weight excluding hydrogens is 356 g/mol. The summed E-state index contributed by atoms with van der Waals surface area (Å²) in [5, 5.41) is 15.3. The lowest BCUT2D eigenvalue weighted by molar-refractivity contribution is 0.0950. The van der Waals surface area contributed by atoms with Gasteiger partial charge < -0.3 is 9.84 Å². The van der Waals surface area contributed by atoms with Crippen LogP contribution in [0.1, 0.15) is 46.3 Å². The summed E-state index contributed by atoms with van der Waals surface area (Å²) in [4.78, 5) is 16.8. The molecule has 1 aliphatic rings. The topological polar surface area (TPSA) is 98.2 Å². The number of hydrogen-bond acceptors (Lipinski definition) is 6. The van der Waals surface area contributed by atoms with E-state index in [0.29, 0.717) is 28.8 Å². The highest BCUT2D eigenvalue weighted by Crippen LogP contribution is 2.38. The maximum absolute atomic E-state index is 12.3. The van der Waals surface area contributed by atoms with Crippen LogP contribution < -0.4 is 5.32 Å². The summed E-state index contributed by atoms with van der Waals surface area (Å²) < 4.78 is 7.20. The molecule has 1 fully saturated rings. The van der Waals surface area contributed by atoms with Gasteiger partial charge in [0.15, 0.2) is 17.3 Å². The monoisotopic (exact) mass is 374 g/mol. The minimum Gasteiger partial charge on any atom is -0.345 e. The van der Waals surface area contributed by atoms with Crippen LogP contribution in [0.3, 0.4) is 0 Å². The van der Waals surface area contributed by atoms with Crippen LogP contribution in [-0.2, 0) is 6.54 Å². The third kappa shape index (κ3) is 3.13. The smallest absolute Gasteiger partial charge is 0.258 e. The van der Waals surface area contributed by atoms with Crippen LogP contribution in [0.5, 0.6) is 0 Å². The van der Waals surface area contributed by atoms with Gasteiger partial charge in [-0.3, -0.25) is 9.20 Å². The van der Waals surface area contributed by atoms with Gasteiger partial charge in [0.1, 0.15) is 0 Å². The molecule has 0 atom stereocenters. The fourth-order valence-electron chi connectivity index (χ4n) is 3.02. The van der Waals surface area contributed by atoms with Crippen molar-refractivity contribution in [2.75, 3.05) is 0 Å². The first-order valence-electron chi connectivity index (χ1n) is 9.20. The number of carbonyl (C=O) groups is 1. The summed E-state index contributed by atoms with van der Waals surface area (Å²) >= 11 is 0. The van der Waals surface area contributed by atoms with Gasteiger partial charge in [0, 0.05) is 23.2 Å². The molecule has 8 heteroatoms. The van der Waals surface area contributed by atoms with Gasteiger partial charge >= 0.3 is 0 Å². The number of hydrogen-bond donors (Lipinski definition) is 1. The Labute approximate surface area is 160 Å². The lowest BCUT2D eigenvalue weighted by atomic mass is 10.1. The van der Waals surface area contributed by atoms with E-state index in [1.165, 1.54) is 0 Å². The molecule has 3 heterocycles. The highest BCUT2D eigenvalue weighted by molar-refractivity contribution is 5.94. The molecule has 0 aliphatic heterocycles. The first-order chi connectivity index (χ1) is 13.7. The van der Waals surface area contributed by atoms with Crippen molar-refractivity contribution in [3.63, 3.8) is 0 Å². The molecule has 4 aromatic rings. The third-order valence-electron chi connectivity index (χ3n) is 4.83. The van der Waals surface area contributed by atoms with Crippen molar-refractivity contribution in [1.29, 1.82) is 0 Å². The number of nitrogens with zero attached hydrogens (tertiary/aromatic N) is 5. The molecule has 0 bridgehead atoms. The number of nitrogens with one attached hydrogen (secondary N) is 1. The highest BCUT2D eigenvalue weighted by atomic mass is 16.5. The highest BCUT2D eigenvalue weighted by Gasteiger charge is 2.29. The van der Waals surface area contributed by atoms with Crippen LogP contribution in [0, 0.1) is 6.92 Å². The minimum atomic E-state index is -0.146. The van der Waals surface area contributed by atoms with Gasteiger partial charge in [0.05, 0.1) is 6.54 Å². The molecule has 0 unspecified atom stereocenters. The number of aromatic nitrogens is 5. The van der Waals surface area contributed by atoms with Gasteiger partial charge in [-0.2, -0.15) is 4.98 Å². The van der Waals surface area contributed by atoms with Crippen LogP contribution in [-0.4, -0.2) is 30.6 Å². The molecular formula is C20H18N6O2. The first kappa shape index (κ1) is 16.6. The lowest BCUT2D eigenvalue weighted by Crippen LogP contribution is -2.23. The normalized spacial score (nSPS) is 13.8. The Kier molecular flexibility index (Phi) is 3.89. The van der Waals surface area contributed by atoms with E-state index in [1.807, 2.05) is 41.8 Å². The SMILES string of the molecule is Cc1ccc(C(=O)NCc2nnc3cc(-c4nc(C5CC5)no4)ccn23)cc1. The van der Waals surface area contributed by atoms with Crippen molar-refractivity contribution < 1.29 is 9.32 Å². The second kappa shape index (κ2) is 6.56. The molecule has 1 N–H and O–H groups in total. The van der Waals surface area contributed by atoms with E-state index < -0.39 is 0 Å². The summed E-state index contributed by atoms with van der Waals surface area (Å²) in [5.74, 6) is 2.20. The summed E-state index contributed by atoms with van der Waals surface area (Å²) in [5.41, 5.74) is 3.18. The molecule has 1 aliphatic carbocycles. The van der Waals surface area contributed by atoms with Gasteiger partial charge in [0.2, 0.25) is 0 Å². The zero-order chi connectivity index (χ0) is 19.1. The van der Waals surface area contributed by atoms with Crippen LogP contribution in [0.25, 0.3) is 17.1 Å². The van der Waals surface area contributed by atoms with Crippen LogP contribution in [0.2, 0.25) is 0 Å². The Morgan fingerprint density at radius 3 is 2.82 bits per heavy atom. The fraction of sp³-hybridized carbons (Fsp3) is 0.250. The summed E-state index contributed by atoms with van der Waals surface area (Å²) in [7, 11) is 0. The number of fused-ring (bicyclic) bond motifs is 1. The van der Waals surface area contributed by atoms with Crippen molar-refractivity contribution in [2.45, 2.75) is 32.2 Å². The van der Waals surface area contributed by atoms with E-state index in [2.05, 4.69) is 25.7 Å². The van der Waals surface area contributed by atoms with Gasteiger partial charge in [-0.15, -0.1) is 10.2 Å². The van der Waals surface area contributed by atoms with E-state index >= 15 is 0 Å². The summed E-state index contributed by atoms with van der Waals surface area (Å²) in [6.07, 6.45) is 4.10. The van der Waals surface area contributed by atoms with Gasteiger partial charge in [-0.1, -0.05) is 22.9 Å². The Morgan fingerprint density at radius 2 is 2.04 bits per heavy atom. The molecule has 1 saturated carbocycles. The fourth-order valence-corrected chi connectivity index (χ4v) is 3.02. The Balaban J connectivity index is 1.33. The van der Waals surface area contributed by atoms with E-state index in [-0.39, 0.29) is 12.5 Å². The molecule has 5 rings (SSSR count). The molecule has 3 aromatic heterocycles. The number of pyridine rings is 1. The van der Waals surface area contributed by atoms with Crippen molar-refractivity contribution in [2.24, 2.45) is 0 Å². The van der Waals surface area contributed by atoms with Gasteiger partial charge in [-0.05, 0) is 44.0 Å². The van der Waals surface area contributed by atoms with E-state index in [9.17, 15) is 4.79 Å². The molecule has 8 nitrogen and oxygen atoms in total.